The fraction of sp³-hybridized carbons (Fsp3) is 0.206. The first-order valence-electron chi connectivity index (χ1n) is 14.4. The second-order valence-corrected chi connectivity index (χ2v) is 10.9. The zero-order valence-electron chi connectivity index (χ0n) is 25.9. The molecule has 0 saturated heterocycles. The lowest BCUT2D eigenvalue weighted by Crippen LogP contribution is -2.25. The molecule has 4 aromatic carbocycles. The van der Waals surface area contributed by atoms with Crippen LogP contribution < -0.4 is 11.1 Å². The Hall–Kier alpha value is -5.19. The number of nitrogens with two attached hydrogens (primary N) is 1. The fourth-order valence-corrected chi connectivity index (χ4v) is 4.81. The summed E-state index contributed by atoms with van der Waals surface area (Å²) in [6.45, 7) is 0.694. The molecule has 5 aromatic rings. The van der Waals surface area contributed by atoms with E-state index in [1.54, 1.807) is 19.1 Å². The summed E-state index contributed by atoms with van der Waals surface area (Å²) in [4.78, 5) is 21.4. The highest BCUT2D eigenvalue weighted by Crippen LogP contribution is 2.38. The normalized spacial score (nSPS) is 12.4. The van der Waals surface area contributed by atoms with E-state index in [0.717, 1.165) is 10.8 Å². The molecule has 0 unspecified atom stereocenters. The molecule has 1 heterocycles. The monoisotopic (exact) mass is 732 g/mol. The molecule has 1 amide bonds. The van der Waals surface area contributed by atoms with Crippen LogP contribution in [0.3, 0.4) is 0 Å². The lowest BCUT2D eigenvalue weighted by atomic mass is 9.99. The quantitative estimate of drug-likeness (QED) is 0.177. The molecule has 0 radical (unpaired) electrons. The number of rotatable bonds is 5. The van der Waals surface area contributed by atoms with Gasteiger partial charge in [0, 0.05) is 24.8 Å². The minimum absolute atomic E-state index is 0.0370. The second kappa shape index (κ2) is 14.6. The van der Waals surface area contributed by atoms with Gasteiger partial charge in [0.2, 0.25) is 0 Å². The van der Waals surface area contributed by atoms with Crippen molar-refractivity contribution in [3.8, 4) is 11.3 Å². The van der Waals surface area contributed by atoms with E-state index in [1.807, 2.05) is 30.3 Å². The molecule has 1 aromatic heterocycles. The number of halogens is 12. The van der Waals surface area contributed by atoms with E-state index in [-0.39, 0.29) is 35.4 Å². The number of aromatic nitrogens is 2. The fourth-order valence-electron chi connectivity index (χ4n) is 4.81. The van der Waals surface area contributed by atoms with Gasteiger partial charge in [-0.1, -0.05) is 42.5 Å². The summed E-state index contributed by atoms with van der Waals surface area (Å²) in [6.07, 6.45) is -18.3. The molecule has 5 rings (SSSR count). The van der Waals surface area contributed by atoms with Crippen LogP contribution in [0, 0.1) is 6.92 Å². The van der Waals surface area contributed by atoms with Crippen molar-refractivity contribution in [1.29, 1.82) is 0 Å². The first-order valence-corrected chi connectivity index (χ1v) is 14.4. The van der Waals surface area contributed by atoms with Gasteiger partial charge in [0.05, 0.1) is 33.5 Å². The number of hydrogen-bond donors (Lipinski definition) is 2. The van der Waals surface area contributed by atoms with E-state index in [2.05, 4.69) is 15.3 Å². The molecule has 0 fully saturated rings. The molecule has 17 heteroatoms. The number of carbonyl (C=O) groups is 1. The van der Waals surface area contributed by atoms with Gasteiger partial charge in [-0.25, -0.2) is 9.97 Å². The van der Waals surface area contributed by atoms with Crippen LogP contribution in [0.25, 0.3) is 22.0 Å². The standard InChI is InChI=1S/C25H17F6N3O.C9H7F6N/c1-14-32-13-21(22(34-14)20-8-4-6-16-5-2-3-7-19(16)20)23(35)33-12-15-9-17(24(26,27)28)11-18(10-15)25(29,30)31;10-8(11,12)6-1-5(4-16)2-7(3-6)9(13,14)15/h2-11,13H,12H2,1H3,(H,33,35);1-3H,4,16H2. The third-order valence-corrected chi connectivity index (χ3v) is 7.18. The summed E-state index contributed by atoms with van der Waals surface area (Å²) in [5, 5.41) is 4.11. The summed E-state index contributed by atoms with van der Waals surface area (Å²) in [7, 11) is 0. The van der Waals surface area contributed by atoms with Gasteiger partial charge < -0.3 is 11.1 Å². The number of alkyl halides is 12. The van der Waals surface area contributed by atoms with Gasteiger partial charge in [-0.2, -0.15) is 52.7 Å². The minimum atomic E-state index is -4.98. The van der Waals surface area contributed by atoms with Crippen molar-refractivity contribution in [1.82, 2.24) is 15.3 Å². The molecule has 0 aliphatic carbocycles. The Balaban J connectivity index is 0.000000306. The minimum Gasteiger partial charge on any atom is -0.348 e. The van der Waals surface area contributed by atoms with E-state index in [0.29, 0.717) is 41.3 Å². The van der Waals surface area contributed by atoms with Crippen LogP contribution in [-0.2, 0) is 37.8 Å². The van der Waals surface area contributed by atoms with Crippen LogP contribution in [-0.4, -0.2) is 15.9 Å². The average molecular weight is 733 g/mol. The molecule has 0 atom stereocenters. The van der Waals surface area contributed by atoms with Crippen LogP contribution in [0.15, 0.2) is 85.1 Å². The summed E-state index contributed by atoms with van der Waals surface area (Å²) in [5.41, 5.74) is -0.136. The van der Waals surface area contributed by atoms with Gasteiger partial charge in [-0.15, -0.1) is 0 Å². The lowest BCUT2D eigenvalue weighted by Gasteiger charge is -2.15. The predicted molar refractivity (Wildman–Crippen MR) is 162 cm³/mol. The Labute approximate surface area is 281 Å². The molecule has 0 aliphatic heterocycles. The lowest BCUT2D eigenvalue weighted by molar-refractivity contribution is -0.144. The number of carbonyl (C=O) groups excluding carboxylic acids is 1. The molecule has 270 valence electrons. The number of benzene rings is 4. The summed E-state index contributed by atoms with van der Waals surface area (Å²) >= 11 is 0. The Morgan fingerprint density at radius 2 is 1.14 bits per heavy atom. The first kappa shape index (κ1) is 38.6. The molecule has 0 aliphatic rings. The number of nitrogens with one attached hydrogen (secondary N) is 1. The van der Waals surface area contributed by atoms with Crippen LogP contribution in [0.1, 0.15) is 49.6 Å². The highest BCUT2D eigenvalue weighted by atomic mass is 19.4. The molecule has 0 bridgehead atoms. The average Bonchev–Trinajstić information content (AvgIpc) is 3.05. The molecule has 0 spiro atoms. The van der Waals surface area contributed by atoms with Gasteiger partial charge in [0.25, 0.3) is 5.91 Å². The van der Waals surface area contributed by atoms with Crippen LogP contribution in [0.2, 0.25) is 0 Å². The van der Waals surface area contributed by atoms with E-state index >= 15 is 0 Å². The third-order valence-electron chi connectivity index (χ3n) is 7.18. The van der Waals surface area contributed by atoms with Crippen molar-refractivity contribution in [2.24, 2.45) is 5.73 Å². The Bertz CT molecular complexity index is 1960. The van der Waals surface area contributed by atoms with Gasteiger partial charge >= 0.3 is 24.7 Å². The molecule has 51 heavy (non-hydrogen) atoms. The first-order chi connectivity index (χ1) is 23.6. The number of hydrogen-bond acceptors (Lipinski definition) is 4. The summed E-state index contributed by atoms with van der Waals surface area (Å²) in [5.74, 6) is -0.351. The van der Waals surface area contributed by atoms with E-state index in [9.17, 15) is 57.5 Å². The molecule has 5 nitrogen and oxygen atoms in total. The highest BCUT2D eigenvalue weighted by Gasteiger charge is 2.38. The van der Waals surface area contributed by atoms with E-state index in [4.69, 9.17) is 5.73 Å². The van der Waals surface area contributed by atoms with Crippen molar-refractivity contribution in [2.45, 2.75) is 44.7 Å². The Morgan fingerprint density at radius 3 is 1.63 bits per heavy atom. The van der Waals surface area contributed by atoms with Crippen LogP contribution >= 0.6 is 0 Å². The zero-order valence-corrected chi connectivity index (χ0v) is 25.9. The smallest absolute Gasteiger partial charge is 0.348 e. The molecule has 0 saturated carbocycles. The number of nitrogens with zero attached hydrogens (tertiary/aromatic N) is 2. The van der Waals surface area contributed by atoms with Crippen molar-refractivity contribution in [2.75, 3.05) is 0 Å². The molecule has 3 N–H and O–H groups in total. The molecular formula is C34H24F12N4O. The van der Waals surface area contributed by atoms with Gasteiger partial charge in [0.1, 0.15) is 5.82 Å². The zero-order chi connectivity index (χ0) is 37.9. The van der Waals surface area contributed by atoms with Crippen molar-refractivity contribution in [3.05, 3.63) is 130 Å². The maximum atomic E-state index is 13.1. The third kappa shape index (κ3) is 9.74. The van der Waals surface area contributed by atoms with Crippen LogP contribution in [0.5, 0.6) is 0 Å². The topological polar surface area (TPSA) is 80.9 Å². The second-order valence-electron chi connectivity index (χ2n) is 10.9. The van der Waals surface area contributed by atoms with Crippen molar-refractivity contribution < 1.29 is 57.5 Å². The molecular weight excluding hydrogens is 708 g/mol. The van der Waals surface area contributed by atoms with Crippen molar-refractivity contribution >= 4 is 16.7 Å². The maximum absolute atomic E-state index is 13.1. The predicted octanol–water partition coefficient (Wildman–Crippen LogP) is 9.76. The van der Waals surface area contributed by atoms with Crippen molar-refractivity contribution in [3.63, 3.8) is 0 Å². The number of fused-ring (bicyclic) bond motifs is 1. The summed E-state index contributed by atoms with van der Waals surface area (Å²) in [6, 6.07) is 15.3. The van der Waals surface area contributed by atoms with E-state index in [1.165, 1.54) is 6.20 Å². The van der Waals surface area contributed by atoms with Crippen LogP contribution in [0.4, 0.5) is 52.7 Å². The Morgan fingerprint density at radius 1 is 0.667 bits per heavy atom. The maximum Gasteiger partial charge on any atom is 0.416 e. The summed E-state index contributed by atoms with van der Waals surface area (Å²) < 4.78 is 152. The number of aryl methyl sites for hydroxylation is 1. The Kier molecular flexibility index (Phi) is 11.0. The largest absolute Gasteiger partial charge is 0.416 e. The SMILES string of the molecule is Cc1ncc(C(=O)NCc2cc(C(F)(F)F)cc(C(F)(F)F)c2)c(-c2cccc3ccccc23)n1.NCc1cc(C(F)(F)F)cc(C(F)(F)F)c1. The highest BCUT2D eigenvalue weighted by molar-refractivity contribution is 6.04. The van der Waals surface area contributed by atoms with Gasteiger partial charge in [-0.3, -0.25) is 4.79 Å². The number of amides is 1. The van der Waals surface area contributed by atoms with Gasteiger partial charge in [0.15, 0.2) is 0 Å². The van der Waals surface area contributed by atoms with Gasteiger partial charge in [-0.05, 0) is 65.2 Å². The van der Waals surface area contributed by atoms with E-state index < -0.39 is 59.4 Å².